The Labute approximate surface area is 121 Å². The van der Waals surface area contributed by atoms with E-state index in [9.17, 15) is 4.79 Å². The molecule has 1 heterocycles. The van der Waals surface area contributed by atoms with Crippen LogP contribution in [0.15, 0.2) is 30.3 Å². The molecular weight excluding hydrogens is 252 g/mol. The Kier molecular flexibility index (Phi) is 5.56. The van der Waals surface area contributed by atoms with E-state index in [1.807, 2.05) is 35.2 Å². The molecule has 0 saturated carbocycles. The van der Waals surface area contributed by atoms with Gasteiger partial charge in [0.15, 0.2) is 0 Å². The molecule has 0 aliphatic carbocycles. The molecule has 1 aromatic carbocycles. The van der Waals surface area contributed by atoms with E-state index in [4.69, 9.17) is 4.74 Å². The Bertz CT molecular complexity index is 422. The molecule has 20 heavy (non-hydrogen) atoms. The number of benzene rings is 1. The minimum atomic E-state index is 0.0867. The summed E-state index contributed by atoms with van der Waals surface area (Å²) in [5, 5.41) is 3.47. The summed E-state index contributed by atoms with van der Waals surface area (Å²) in [7, 11) is 0. The molecular formula is C16H24N2O2. The summed E-state index contributed by atoms with van der Waals surface area (Å²) in [6.07, 6.45) is 0.995. The second-order valence-electron chi connectivity index (χ2n) is 5.58. The van der Waals surface area contributed by atoms with Crippen LogP contribution in [-0.2, 0) is 16.1 Å². The van der Waals surface area contributed by atoms with Crippen molar-refractivity contribution in [2.45, 2.75) is 39.0 Å². The van der Waals surface area contributed by atoms with Crippen LogP contribution in [0.5, 0.6) is 0 Å². The van der Waals surface area contributed by atoms with Gasteiger partial charge in [-0.1, -0.05) is 30.3 Å². The SMILES string of the molecule is CC1CCN(C(=O)COCc2ccccc2)C[C@H](C)N1. The molecule has 1 amide bonds. The van der Waals surface area contributed by atoms with Crippen molar-refractivity contribution >= 4 is 5.91 Å². The zero-order valence-corrected chi connectivity index (χ0v) is 12.3. The molecule has 4 nitrogen and oxygen atoms in total. The van der Waals surface area contributed by atoms with Crippen LogP contribution < -0.4 is 5.32 Å². The van der Waals surface area contributed by atoms with Crippen molar-refractivity contribution in [1.29, 1.82) is 0 Å². The lowest BCUT2D eigenvalue weighted by atomic mass is 10.2. The van der Waals surface area contributed by atoms with Gasteiger partial charge in [0.1, 0.15) is 6.61 Å². The summed E-state index contributed by atoms with van der Waals surface area (Å²) in [4.78, 5) is 14.1. The van der Waals surface area contributed by atoms with Crippen molar-refractivity contribution in [1.82, 2.24) is 10.2 Å². The summed E-state index contributed by atoms with van der Waals surface area (Å²) in [5.74, 6) is 0.0867. The monoisotopic (exact) mass is 276 g/mol. The summed E-state index contributed by atoms with van der Waals surface area (Å²) < 4.78 is 5.53. The Hall–Kier alpha value is -1.39. The van der Waals surface area contributed by atoms with Gasteiger partial charge in [-0.2, -0.15) is 0 Å². The average Bonchev–Trinajstić information content (AvgIpc) is 2.60. The molecule has 0 radical (unpaired) electrons. The van der Waals surface area contributed by atoms with Crippen molar-refractivity contribution in [3.8, 4) is 0 Å². The molecule has 1 fully saturated rings. The zero-order chi connectivity index (χ0) is 14.4. The molecule has 110 valence electrons. The maximum Gasteiger partial charge on any atom is 0.248 e. The molecule has 2 rings (SSSR count). The summed E-state index contributed by atoms with van der Waals surface area (Å²) >= 11 is 0. The van der Waals surface area contributed by atoms with E-state index in [1.165, 1.54) is 0 Å². The number of nitrogens with one attached hydrogen (secondary N) is 1. The fourth-order valence-corrected chi connectivity index (χ4v) is 2.54. The second kappa shape index (κ2) is 7.41. The molecule has 1 saturated heterocycles. The molecule has 4 heteroatoms. The largest absolute Gasteiger partial charge is 0.367 e. The van der Waals surface area contributed by atoms with Crippen LogP contribution in [0.4, 0.5) is 0 Å². The first-order chi connectivity index (χ1) is 9.65. The number of amides is 1. The van der Waals surface area contributed by atoms with Crippen molar-refractivity contribution < 1.29 is 9.53 Å². The van der Waals surface area contributed by atoms with E-state index >= 15 is 0 Å². The van der Waals surface area contributed by atoms with Crippen molar-refractivity contribution in [2.24, 2.45) is 0 Å². The molecule has 2 atom stereocenters. The van der Waals surface area contributed by atoms with E-state index in [2.05, 4.69) is 19.2 Å². The number of hydrogen-bond donors (Lipinski definition) is 1. The van der Waals surface area contributed by atoms with Crippen molar-refractivity contribution in [2.75, 3.05) is 19.7 Å². The highest BCUT2D eigenvalue weighted by molar-refractivity contribution is 5.77. The first-order valence-electron chi connectivity index (χ1n) is 7.30. The lowest BCUT2D eigenvalue weighted by molar-refractivity contribution is -0.136. The quantitative estimate of drug-likeness (QED) is 0.912. The normalized spacial score (nSPS) is 23.4. The minimum Gasteiger partial charge on any atom is -0.367 e. The third-order valence-electron chi connectivity index (χ3n) is 3.59. The number of ether oxygens (including phenoxy) is 1. The van der Waals surface area contributed by atoms with Gasteiger partial charge in [0.05, 0.1) is 6.61 Å². The Morgan fingerprint density at radius 2 is 2.05 bits per heavy atom. The van der Waals surface area contributed by atoms with E-state index in [0.29, 0.717) is 18.7 Å². The summed E-state index contributed by atoms with van der Waals surface area (Å²) in [6, 6.07) is 10.7. The third-order valence-corrected chi connectivity index (χ3v) is 3.59. The number of carbonyl (C=O) groups excluding carboxylic acids is 1. The lowest BCUT2D eigenvalue weighted by Crippen LogP contribution is -2.41. The predicted molar refractivity (Wildman–Crippen MR) is 79.4 cm³/mol. The Morgan fingerprint density at radius 1 is 1.30 bits per heavy atom. The fraction of sp³-hybridized carbons (Fsp3) is 0.562. The van der Waals surface area contributed by atoms with Gasteiger partial charge in [-0.3, -0.25) is 4.79 Å². The van der Waals surface area contributed by atoms with E-state index in [0.717, 1.165) is 25.1 Å². The van der Waals surface area contributed by atoms with E-state index in [1.54, 1.807) is 0 Å². The number of rotatable bonds is 4. The Morgan fingerprint density at radius 3 is 2.80 bits per heavy atom. The highest BCUT2D eigenvalue weighted by Gasteiger charge is 2.21. The number of hydrogen-bond acceptors (Lipinski definition) is 3. The van der Waals surface area contributed by atoms with Crippen LogP contribution in [0.2, 0.25) is 0 Å². The van der Waals surface area contributed by atoms with Crippen LogP contribution in [0.1, 0.15) is 25.8 Å². The zero-order valence-electron chi connectivity index (χ0n) is 12.3. The molecule has 0 spiro atoms. The van der Waals surface area contributed by atoms with Gasteiger partial charge in [-0.25, -0.2) is 0 Å². The Balaban J connectivity index is 1.76. The molecule has 1 aromatic rings. The van der Waals surface area contributed by atoms with Gasteiger partial charge in [0.25, 0.3) is 0 Å². The van der Waals surface area contributed by atoms with Crippen LogP contribution >= 0.6 is 0 Å². The van der Waals surface area contributed by atoms with Crippen LogP contribution in [-0.4, -0.2) is 42.6 Å². The molecule has 0 bridgehead atoms. The van der Waals surface area contributed by atoms with Gasteiger partial charge in [-0.05, 0) is 25.8 Å². The van der Waals surface area contributed by atoms with Crippen molar-refractivity contribution in [3.05, 3.63) is 35.9 Å². The van der Waals surface area contributed by atoms with Crippen LogP contribution in [0.3, 0.4) is 0 Å². The maximum absolute atomic E-state index is 12.2. The van der Waals surface area contributed by atoms with Crippen molar-refractivity contribution in [3.63, 3.8) is 0 Å². The first kappa shape index (κ1) is 15.0. The van der Waals surface area contributed by atoms with Gasteiger partial charge >= 0.3 is 0 Å². The molecule has 1 aliphatic rings. The van der Waals surface area contributed by atoms with Gasteiger partial charge in [-0.15, -0.1) is 0 Å². The lowest BCUT2D eigenvalue weighted by Gasteiger charge is -2.22. The van der Waals surface area contributed by atoms with Gasteiger partial charge in [0, 0.05) is 25.2 Å². The smallest absolute Gasteiger partial charge is 0.248 e. The third kappa shape index (κ3) is 4.62. The topological polar surface area (TPSA) is 41.6 Å². The van der Waals surface area contributed by atoms with E-state index in [-0.39, 0.29) is 12.5 Å². The molecule has 1 unspecified atom stereocenters. The number of nitrogens with zero attached hydrogens (tertiary/aromatic N) is 1. The standard InChI is InChI=1S/C16H24N2O2/c1-13-8-9-18(10-14(2)17-13)16(19)12-20-11-15-6-4-3-5-7-15/h3-7,13-14,17H,8-12H2,1-2H3/t13?,14-/m0/s1. The predicted octanol–water partition coefficient (Wildman–Crippen LogP) is 1.80. The van der Waals surface area contributed by atoms with Gasteiger partial charge in [0.2, 0.25) is 5.91 Å². The second-order valence-corrected chi connectivity index (χ2v) is 5.58. The molecule has 0 aromatic heterocycles. The van der Waals surface area contributed by atoms with Crippen LogP contribution in [0.25, 0.3) is 0 Å². The maximum atomic E-state index is 12.2. The molecule has 1 aliphatic heterocycles. The minimum absolute atomic E-state index is 0.0867. The van der Waals surface area contributed by atoms with E-state index < -0.39 is 0 Å². The van der Waals surface area contributed by atoms with Crippen LogP contribution in [0, 0.1) is 0 Å². The first-order valence-corrected chi connectivity index (χ1v) is 7.30. The highest BCUT2D eigenvalue weighted by atomic mass is 16.5. The fourth-order valence-electron chi connectivity index (χ4n) is 2.54. The average molecular weight is 276 g/mol. The van der Waals surface area contributed by atoms with Gasteiger partial charge < -0.3 is 15.0 Å². The highest BCUT2D eigenvalue weighted by Crippen LogP contribution is 2.07. The summed E-state index contributed by atoms with van der Waals surface area (Å²) in [5.41, 5.74) is 1.10. The summed E-state index contributed by atoms with van der Waals surface area (Å²) in [6.45, 7) is 6.51. The number of carbonyl (C=O) groups is 1. The molecule has 1 N–H and O–H groups in total.